The van der Waals surface area contributed by atoms with Gasteiger partial charge in [-0.05, 0) is 18.8 Å². The number of methoxy groups -OCH3 is 2. The third kappa shape index (κ3) is 2.37. The topological polar surface area (TPSA) is 84.9 Å². The van der Waals surface area contributed by atoms with E-state index < -0.39 is 12.1 Å². The highest BCUT2D eigenvalue weighted by Crippen LogP contribution is 2.43. The zero-order valence-electron chi connectivity index (χ0n) is 10.6. The van der Waals surface area contributed by atoms with E-state index in [1.165, 1.54) is 20.3 Å². The van der Waals surface area contributed by atoms with Crippen LogP contribution in [0.5, 0.6) is 17.2 Å². The summed E-state index contributed by atoms with van der Waals surface area (Å²) in [6.45, 7) is 0. The number of ether oxygens (including phenoxy) is 2. The van der Waals surface area contributed by atoms with E-state index in [2.05, 4.69) is 0 Å². The number of nitrogens with two attached hydrogens (primary N) is 1. The number of aliphatic hydroxyl groups is 1. The van der Waals surface area contributed by atoms with Crippen LogP contribution < -0.4 is 15.2 Å². The Morgan fingerprint density at radius 2 is 1.94 bits per heavy atom. The molecule has 1 aromatic rings. The van der Waals surface area contributed by atoms with Crippen LogP contribution in [0, 0.1) is 5.92 Å². The molecule has 100 valence electrons. The molecule has 1 aliphatic rings. The molecule has 0 heterocycles. The second-order valence-corrected chi connectivity index (χ2v) is 4.62. The summed E-state index contributed by atoms with van der Waals surface area (Å²) in [7, 11) is 3.00. The molecule has 0 saturated heterocycles. The largest absolute Gasteiger partial charge is 0.507 e. The third-order valence-electron chi connectivity index (χ3n) is 3.36. The summed E-state index contributed by atoms with van der Waals surface area (Å²) in [5.41, 5.74) is 6.45. The first kappa shape index (κ1) is 13.0. The molecule has 0 bridgehead atoms. The van der Waals surface area contributed by atoms with Gasteiger partial charge in [-0.25, -0.2) is 0 Å². The number of aromatic hydroxyl groups is 1. The molecule has 2 atom stereocenters. The van der Waals surface area contributed by atoms with Crippen molar-refractivity contribution in [3.05, 3.63) is 17.7 Å². The van der Waals surface area contributed by atoms with Gasteiger partial charge in [0.2, 0.25) is 0 Å². The average Bonchev–Trinajstić information content (AvgIpc) is 3.20. The van der Waals surface area contributed by atoms with Gasteiger partial charge in [0, 0.05) is 12.1 Å². The SMILES string of the molecule is COc1cc(O)c([C@H](N)[C@H](O)C2CC2)c(OC)c1. The Morgan fingerprint density at radius 3 is 2.44 bits per heavy atom. The molecule has 1 aliphatic carbocycles. The zero-order chi connectivity index (χ0) is 13.3. The van der Waals surface area contributed by atoms with E-state index in [4.69, 9.17) is 15.2 Å². The number of rotatable bonds is 5. The van der Waals surface area contributed by atoms with E-state index in [0.29, 0.717) is 17.1 Å². The molecule has 4 N–H and O–H groups in total. The first-order valence-electron chi connectivity index (χ1n) is 5.97. The normalized spacial score (nSPS) is 18.2. The van der Waals surface area contributed by atoms with Gasteiger partial charge in [0.25, 0.3) is 0 Å². The molecule has 1 fully saturated rings. The highest BCUT2D eigenvalue weighted by atomic mass is 16.5. The van der Waals surface area contributed by atoms with Gasteiger partial charge in [-0.2, -0.15) is 0 Å². The average molecular weight is 253 g/mol. The maximum atomic E-state index is 10.1. The maximum absolute atomic E-state index is 10.1. The molecule has 18 heavy (non-hydrogen) atoms. The maximum Gasteiger partial charge on any atom is 0.131 e. The Morgan fingerprint density at radius 1 is 1.28 bits per heavy atom. The van der Waals surface area contributed by atoms with Crippen LogP contribution in [0.15, 0.2) is 12.1 Å². The van der Waals surface area contributed by atoms with Crippen LogP contribution in [0.3, 0.4) is 0 Å². The minimum Gasteiger partial charge on any atom is -0.507 e. The molecule has 1 aromatic carbocycles. The molecule has 1 saturated carbocycles. The van der Waals surface area contributed by atoms with Crippen molar-refractivity contribution in [3.8, 4) is 17.2 Å². The number of phenolic OH excluding ortho intramolecular Hbond substituents is 1. The number of phenols is 1. The van der Waals surface area contributed by atoms with Crippen molar-refractivity contribution in [2.45, 2.75) is 25.0 Å². The molecule has 5 nitrogen and oxygen atoms in total. The minimum atomic E-state index is -0.654. The van der Waals surface area contributed by atoms with Crippen LogP contribution >= 0.6 is 0 Å². The van der Waals surface area contributed by atoms with Crippen LogP contribution in [0.4, 0.5) is 0 Å². The van der Waals surface area contributed by atoms with Crippen LogP contribution in [-0.4, -0.2) is 30.5 Å². The van der Waals surface area contributed by atoms with Crippen molar-refractivity contribution in [2.24, 2.45) is 11.7 Å². The third-order valence-corrected chi connectivity index (χ3v) is 3.36. The molecular weight excluding hydrogens is 234 g/mol. The summed E-state index contributed by atoms with van der Waals surface area (Å²) in [5, 5.41) is 20.1. The lowest BCUT2D eigenvalue weighted by Crippen LogP contribution is -2.28. The molecule has 0 aromatic heterocycles. The van der Waals surface area contributed by atoms with E-state index >= 15 is 0 Å². The van der Waals surface area contributed by atoms with Gasteiger partial charge in [0.05, 0.1) is 31.9 Å². The minimum absolute atomic E-state index is 0.0154. The van der Waals surface area contributed by atoms with Crippen molar-refractivity contribution in [3.63, 3.8) is 0 Å². The van der Waals surface area contributed by atoms with Gasteiger partial charge in [-0.1, -0.05) is 0 Å². The van der Waals surface area contributed by atoms with Crippen LogP contribution in [0.2, 0.25) is 0 Å². The Balaban J connectivity index is 2.35. The van der Waals surface area contributed by atoms with Crippen LogP contribution in [-0.2, 0) is 0 Å². The Kier molecular flexibility index (Phi) is 3.63. The van der Waals surface area contributed by atoms with Crippen molar-refractivity contribution >= 4 is 0 Å². The van der Waals surface area contributed by atoms with Gasteiger partial charge in [-0.15, -0.1) is 0 Å². The molecule has 0 aliphatic heterocycles. The van der Waals surface area contributed by atoms with Gasteiger partial charge in [0.15, 0.2) is 0 Å². The number of hydrogen-bond acceptors (Lipinski definition) is 5. The van der Waals surface area contributed by atoms with E-state index in [-0.39, 0.29) is 11.7 Å². The first-order chi connectivity index (χ1) is 8.58. The quantitative estimate of drug-likeness (QED) is 0.733. The van der Waals surface area contributed by atoms with Gasteiger partial charge in [-0.3, -0.25) is 0 Å². The lowest BCUT2D eigenvalue weighted by atomic mass is 9.97. The van der Waals surface area contributed by atoms with Crippen molar-refractivity contribution < 1.29 is 19.7 Å². The summed E-state index contributed by atoms with van der Waals surface area (Å²) in [5.74, 6) is 1.13. The van der Waals surface area contributed by atoms with Crippen LogP contribution in [0.25, 0.3) is 0 Å². The van der Waals surface area contributed by atoms with Gasteiger partial charge < -0.3 is 25.4 Å². The van der Waals surface area contributed by atoms with Crippen molar-refractivity contribution in [2.75, 3.05) is 14.2 Å². The molecular formula is C13H19NO4. The monoisotopic (exact) mass is 253 g/mol. The molecule has 0 spiro atoms. The smallest absolute Gasteiger partial charge is 0.131 e. The number of aliphatic hydroxyl groups excluding tert-OH is 1. The summed E-state index contributed by atoms with van der Waals surface area (Å²) in [6.07, 6.45) is 1.31. The number of hydrogen-bond donors (Lipinski definition) is 3. The summed E-state index contributed by atoms with van der Waals surface area (Å²) < 4.78 is 10.3. The lowest BCUT2D eigenvalue weighted by molar-refractivity contribution is 0.120. The second-order valence-electron chi connectivity index (χ2n) is 4.62. The predicted octanol–water partition coefficient (Wildman–Crippen LogP) is 1.18. The van der Waals surface area contributed by atoms with E-state index in [9.17, 15) is 10.2 Å². The molecule has 0 amide bonds. The Labute approximate surface area is 106 Å². The summed E-state index contributed by atoms with van der Waals surface area (Å²) >= 11 is 0. The lowest BCUT2D eigenvalue weighted by Gasteiger charge is -2.22. The second kappa shape index (κ2) is 5.04. The van der Waals surface area contributed by atoms with E-state index in [1.807, 2.05) is 0 Å². The van der Waals surface area contributed by atoms with E-state index in [1.54, 1.807) is 6.07 Å². The Bertz CT molecular complexity index is 431. The fraction of sp³-hybridized carbons (Fsp3) is 0.538. The fourth-order valence-electron chi connectivity index (χ4n) is 2.11. The Hall–Kier alpha value is -1.46. The van der Waals surface area contributed by atoms with Gasteiger partial charge in [0.1, 0.15) is 17.2 Å². The van der Waals surface area contributed by atoms with Crippen molar-refractivity contribution in [1.29, 1.82) is 0 Å². The summed E-state index contributed by atoms with van der Waals surface area (Å²) in [4.78, 5) is 0. The van der Waals surface area contributed by atoms with Crippen molar-refractivity contribution in [1.82, 2.24) is 0 Å². The first-order valence-corrected chi connectivity index (χ1v) is 5.97. The number of benzene rings is 1. The van der Waals surface area contributed by atoms with E-state index in [0.717, 1.165) is 12.8 Å². The highest BCUT2D eigenvalue weighted by Gasteiger charge is 2.36. The fourth-order valence-corrected chi connectivity index (χ4v) is 2.11. The molecule has 0 unspecified atom stereocenters. The van der Waals surface area contributed by atoms with Crippen LogP contribution in [0.1, 0.15) is 24.4 Å². The molecule has 5 heteroatoms. The van der Waals surface area contributed by atoms with Gasteiger partial charge >= 0.3 is 0 Å². The highest BCUT2D eigenvalue weighted by molar-refractivity contribution is 5.52. The molecule has 0 radical (unpaired) electrons. The zero-order valence-corrected chi connectivity index (χ0v) is 10.6. The standard InChI is InChI=1S/C13H19NO4/c1-17-8-5-9(15)11(10(6-8)18-2)12(14)13(16)7-3-4-7/h5-7,12-13,15-16H,3-4,14H2,1-2H3/t12-,13+/m0/s1. The predicted molar refractivity (Wildman–Crippen MR) is 66.9 cm³/mol. The molecule has 2 rings (SSSR count). The summed E-state index contributed by atoms with van der Waals surface area (Å²) in [6, 6.07) is 2.46.